The lowest BCUT2D eigenvalue weighted by atomic mass is 9.74. The smallest absolute Gasteiger partial charge is 0.237 e. The Bertz CT molecular complexity index is 1060. The highest BCUT2D eigenvalue weighted by Gasteiger charge is 2.54. The summed E-state index contributed by atoms with van der Waals surface area (Å²) in [5.41, 5.74) is 3.83. The van der Waals surface area contributed by atoms with E-state index >= 15 is 0 Å². The summed E-state index contributed by atoms with van der Waals surface area (Å²) in [6.45, 7) is 2.78. The molecule has 0 aliphatic carbocycles. The second-order valence-electron chi connectivity index (χ2n) is 8.01. The number of rotatable bonds is 6. The number of hydrogen-bond donors (Lipinski definition) is 1. The van der Waals surface area contributed by atoms with Gasteiger partial charge in [0, 0.05) is 31.4 Å². The predicted molar refractivity (Wildman–Crippen MR) is 116 cm³/mol. The molecule has 2 heterocycles. The third kappa shape index (κ3) is 3.31. The zero-order valence-electron chi connectivity index (χ0n) is 16.9. The van der Waals surface area contributed by atoms with Gasteiger partial charge in [0.1, 0.15) is 23.5 Å². The molecule has 0 unspecified atom stereocenters. The Morgan fingerprint density at radius 3 is 2.40 bits per heavy atom. The topological polar surface area (TPSA) is 50.8 Å². The third-order valence-electron chi connectivity index (χ3n) is 5.99. The Hall–Kier alpha value is -3.31. The monoisotopic (exact) mass is 400 g/mol. The molecule has 2 aliphatic rings. The average Bonchev–Trinajstić information content (AvgIpc) is 3.04. The van der Waals surface area contributed by atoms with E-state index in [9.17, 15) is 4.79 Å². The molecule has 1 saturated heterocycles. The van der Waals surface area contributed by atoms with Crippen LogP contribution >= 0.6 is 0 Å². The first-order valence-corrected chi connectivity index (χ1v) is 10.1. The van der Waals surface area contributed by atoms with E-state index in [4.69, 9.17) is 9.47 Å². The minimum absolute atomic E-state index is 0.0868. The van der Waals surface area contributed by atoms with Gasteiger partial charge in [-0.15, -0.1) is 0 Å². The Morgan fingerprint density at radius 1 is 0.933 bits per heavy atom. The van der Waals surface area contributed by atoms with E-state index < -0.39 is 5.41 Å². The van der Waals surface area contributed by atoms with E-state index in [1.165, 1.54) is 5.56 Å². The number of anilines is 1. The molecule has 30 heavy (non-hydrogen) atoms. The first kappa shape index (κ1) is 18.7. The van der Waals surface area contributed by atoms with Gasteiger partial charge in [-0.05, 0) is 34.9 Å². The lowest BCUT2D eigenvalue weighted by molar-refractivity contribution is -0.127. The van der Waals surface area contributed by atoms with Gasteiger partial charge in [0.25, 0.3) is 0 Å². The van der Waals surface area contributed by atoms with Crippen LogP contribution in [0.25, 0.3) is 0 Å². The number of carbonyl (C=O) groups is 1. The maximum atomic E-state index is 12.8. The first-order chi connectivity index (χ1) is 14.7. The zero-order chi connectivity index (χ0) is 20.6. The minimum atomic E-state index is -0.445. The summed E-state index contributed by atoms with van der Waals surface area (Å²) in [6, 6.07) is 24.1. The highest BCUT2D eigenvalue weighted by Crippen LogP contribution is 2.45. The van der Waals surface area contributed by atoms with Crippen LogP contribution in [-0.4, -0.2) is 31.0 Å². The number of likely N-dealkylation sites (tertiary alicyclic amines) is 1. The van der Waals surface area contributed by atoms with Crippen LogP contribution in [0.4, 0.5) is 5.69 Å². The van der Waals surface area contributed by atoms with Gasteiger partial charge in [-0.3, -0.25) is 9.69 Å². The van der Waals surface area contributed by atoms with Crippen LogP contribution in [0.1, 0.15) is 16.7 Å². The van der Waals surface area contributed by atoms with Crippen LogP contribution in [0.5, 0.6) is 11.5 Å². The number of nitrogens with zero attached hydrogens (tertiary/aromatic N) is 1. The van der Waals surface area contributed by atoms with Gasteiger partial charge in [0.2, 0.25) is 5.91 Å². The van der Waals surface area contributed by atoms with Crippen molar-refractivity contribution in [2.45, 2.75) is 18.6 Å². The van der Waals surface area contributed by atoms with Crippen LogP contribution < -0.4 is 14.8 Å². The third-order valence-corrected chi connectivity index (χ3v) is 5.99. The largest absolute Gasteiger partial charge is 0.497 e. The van der Waals surface area contributed by atoms with E-state index in [0.29, 0.717) is 6.61 Å². The summed E-state index contributed by atoms with van der Waals surface area (Å²) in [5.74, 6) is 1.71. The summed E-state index contributed by atoms with van der Waals surface area (Å²) in [5, 5.41) is 3.07. The summed E-state index contributed by atoms with van der Waals surface area (Å²) < 4.78 is 11.1. The van der Waals surface area contributed by atoms with Crippen molar-refractivity contribution in [3.05, 3.63) is 89.5 Å². The Balaban J connectivity index is 1.25. The van der Waals surface area contributed by atoms with Crippen LogP contribution in [0.3, 0.4) is 0 Å². The standard InChI is InChI=1S/C25H24N2O3/c1-29-20-9-7-18(8-10-20)14-27-16-25(17-27)22-12-11-21(13-23(22)26-24(25)28)30-15-19-5-3-2-4-6-19/h2-13H,14-17H2,1H3,(H,26,28). The molecule has 0 radical (unpaired) electrons. The van der Waals surface area contributed by atoms with Gasteiger partial charge in [-0.2, -0.15) is 0 Å². The molecule has 0 saturated carbocycles. The number of amides is 1. The van der Waals surface area contributed by atoms with Gasteiger partial charge in [-0.25, -0.2) is 0 Å². The lowest BCUT2D eigenvalue weighted by Gasteiger charge is -2.46. The second kappa shape index (κ2) is 7.50. The van der Waals surface area contributed by atoms with Crippen molar-refractivity contribution in [1.82, 2.24) is 4.90 Å². The quantitative estimate of drug-likeness (QED) is 0.680. The normalized spacial score (nSPS) is 16.6. The Kier molecular flexibility index (Phi) is 4.68. The van der Waals surface area contributed by atoms with Crippen LogP contribution in [0.2, 0.25) is 0 Å². The maximum Gasteiger partial charge on any atom is 0.237 e. The SMILES string of the molecule is COc1ccc(CN2CC3(C2)C(=O)Nc2cc(OCc4ccccc4)ccc23)cc1. The minimum Gasteiger partial charge on any atom is -0.497 e. The molecule has 2 aliphatic heterocycles. The molecule has 0 aromatic heterocycles. The number of methoxy groups -OCH3 is 1. The van der Waals surface area contributed by atoms with Crippen molar-refractivity contribution >= 4 is 11.6 Å². The first-order valence-electron chi connectivity index (χ1n) is 10.1. The second-order valence-corrected chi connectivity index (χ2v) is 8.01. The van der Waals surface area contributed by atoms with Gasteiger partial charge in [0.05, 0.1) is 7.11 Å². The summed E-state index contributed by atoms with van der Waals surface area (Å²) in [7, 11) is 1.67. The van der Waals surface area contributed by atoms with Crippen molar-refractivity contribution in [3.8, 4) is 11.5 Å². The lowest BCUT2D eigenvalue weighted by Crippen LogP contribution is -2.62. The van der Waals surface area contributed by atoms with Gasteiger partial charge >= 0.3 is 0 Å². The zero-order valence-corrected chi connectivity index (χ0v) is 16.9. The predicted octanol–water partition coefficient (Wildman–Crippen LogP) is 3.98. The summed E-state index contributed by atoms with van der Waals surface area (Å²) in [6.07, 6.45) is 0. The highest BCUT2D eigenvalue weighted by atomic mass is 16.5. The fourth-order valence-corrected chi connectivity index (χ4v) is 4.37. The Labute approximate surface area is 176 Å². The molecule has 1 N–H and O–H groups in total. The molecule has 0 bridgehead atoms. The fourth-order valence-electron chi connectivity index (χ4n) is 4.37. The van der Waals surface area contributed by atoms with Crippen molar-refractivity contribution in [1.29, 1.82) is 0 Å². The van der Waals surface area contributed by atoms with Gasteiger partial charge < -0.3 is 14.8 Å². The summed E-state index contributed by atoms with van der Waals surface area (Å²) >= 11 is 0. The van der Waals surface area contributed by atoms with Crippen LogP contribution in [0.15, 0.2) is 72.8 Å². The number of fused-ring (bicyclic) bond motifs is 2. The van der Waals surface area contributed by atoms with E-state index in [-0.39, 0.29) is 5.91 Å². The van der Waals surface area contributed by atoms with Crippen LogP contribution in [0, 0.1) is 0 Å². The number of carbonyl (C=O) groups excluding carboxylic acids is 1. The van der Waals surface area contributed by atoms with E-state index in [1.54, 1.807) is 7.11 Å². The molecule has 1 spiro atoms. The van der Waals surface area contributed by atoms with Crippen molar-refractivity contribution < 1.29 is 14.3 Å². The maximum absolute atomic E-state index is 12.8. The average molecular weight is 400 g/mol. The number of benzene rings is 3. The van der Waals surface area contributed by atoms with Gasteiger partial charge in [0.15, 0.2) is 0 Å². The summed E-state index contributed by atoms with van der Waals surface area (Å²) in [4.78, 5) is 15.1. The van der Waals surface area contributed by atoms with Crippen molar-refractivity contribution in [2.24, 2.45) is 0 Å². The number of nitrogens with one attached hydrogen (secondary N) is 1. The van der Waals surface area contributed by atoms with E-state index in [2.05, 4.69) is 22.3 Å². The Morgan fingerprint density at radius 2 is 1.67 bits per heavy atom. The van der Waals surface area contributed by atoms with Crippen molar-refractivity contribution in [3.63, 3.8) is 0 Å². The molecular weight excluding hydrogens is 376 g/mol. The highest BCUT2D eigenvalue weighted by molar-refractivity contribution is 6.07. The number of ether oxygens (including phenoxy) is 2. The van der Waals surface area contributed by atoms with Crippen LogP contribution in [-0.2, 0) is 23.4 Å². The molecular formula is C25H24N2O3. The van der Waals surface area contributed by atoms with E-state index in [0.717, 1.165) is 47.9 Å². The number of hydrogen-bond acceptors (Lipinski definition) is 4. The molecule has 152 valence electrons. The molecule has 0 atom stereocenters. The molecule has 5 heteroatoms. The molecule has 3 aromatic rings. The molecule has 5 rings (SSSR count). The van der Waals surface area contributed by atoms with E-state index in [1.807, 2.05) is 60.7 Å². The van der Waals surface area contributed by atoms with Crippen molar-refractivity contribution in [2.75, 3.05) is 25.5 Å². The molecule has 3 aromatic carbocycles. The molecule has 1 amide bonds. The fraction of sp³-hybridized carbons (Fsp3) is 0.240. The molecule has 1 fully saturated rings. The van der Waals surface area contributed by atoms with Gasteiger partial charge in [-0.1, -0.05) is 48.5 Å². The molecule has 5 nitrogen and oxygen atoms in total.